The lowest BCUT2D eigenvalue weighted by molar-refractivity contribution is 0.305. The van der Waals surface area contributed by atoms with Crippen molar-refractivity contribution in [2.24, 2.45) is 0 Å². The van der Waals surface area contributed by atoms with Gasteiger partial charge in [0.1, 0.15) is 5.75 Å². The number of ether oxygens (including phenoxy) is 1. The van der Waals surface area contributed by atoms with Gasteiger partial charge in [0.25, 0.3) is 0 Å². The second kappa shape index (κ2) is 10.1. The molecule has 124 valence electrons. The molecule has 2 nitrogen and oxygen atoms in total. The molecule has 0 saturated carbocycles. The Kier molecular flexibility index (Phi) is 7.68. The van der Waals surface area contributed by atoms with E-state index in [2.05, 4.69) is 67.7 Å². The van der Waals surface area contributed by atoms with Crippen LogP contribution in [0.5, 0.6) is 5.75 Å². The zero-order valence-corrected chi connectivity index (χ0v) is 14.4. The van der Waals surface area contributed by atoms with Gasteiger partial charge in [-0.3, -0.25) is 0 Å². The summed E-state index contributed by atoms with van der Waals surface area (Å²) in [7, 11) is 0. The average molecular weight is 311 g/mol. The molecule has 0 aliphatic rings. The molecule has 0 aliphatic carbocycles. The van der Waals surface area contributed by atoms with E-state index in [0.717, 1.165) is 25.3 Å². The van der Waals surface area contributed by atoms with E-state index in [0.29, 0.717) is 6.04 Å². The predicted octanol–water partition coefficient (Wildman–Crippen LogP) is 5.50. The molecule has 0 fully saturated rings. The summed E-state index contributed by atoms with van der Waals surface area (Å²) in [4.78, 5) is 0. The van der Waals surface area contributed by atoms with Gasteiger partial charge in [-0.05, 0) is 36.6 Å². The van der Waals surface area contributed by atoms with Crippen LogP contribution in [-0.4, -0.2) is 6.61 Å². The molecule has 1 atom stereocenters. The number of hydrogen-bond donors (Lipinski definition) is 1. The lowest BCUT2D eigenvalue weighted by Gasteiger charge is -2.15. The number of unbranched alkanes of at least 4 members (excludes halogenated alkanes) is 3. The van der Waals surface area contributed by atoms with Crippen LogP contribution in [0.4, 0.5) is 0 Å². The van der Waals surface area contributed by atoms with Gasteiger partial charge < -0.3 is 10.1 Å². The Bertz CT molecular complexity index is 536. The molecule has 23 heavy (non-hydrogen) atoms. The summed E-state index contributed by atoms with van der Waals surface area (Å²) in [6.45, 7) is 6.13. The first-order valence-corrected chi connectivity index (χ1v) is 8.79. The van der Waals surface area contributed by atoms with Crippen LogP contribution in [0.3, 0.4) is 0 Å². The van der Waals surface area contributed by atoms with Crippen molar-refractivity contribution in [1.82, 2.24) is 5.32 Å². The predicted molar refractivity (Wildman–Crippen MR) is 97.8 cm³/mol. The van der Waals surface area contributed by atoms with E-state index in [9.17, 15) is 0 Å². The zero-order chi connectivity index (χ0) is 16.3. The van der Waals surface area contributed by atoms with E-state index in [4.69, 9.17) is 4.74 Å². The molecule has 2 heteroatoms. The summed E-state index contributed by atoms with van der Waals surface area (Å²) >= 11 is 0. The van der Waals surface area contributed by atoms with Crippen LogP contribution in [-0.2, 0) is 6.54 Å². The van der Waals surface area contributed by atoms with Crippen LogP contribution < -0.4 is 10.1 Å². The van der Waals surface area contributed by atoms with Crippen molar-refractivity contribution in [3.63, 3.8) is 0 Å². The van der Waals surface area contributed by atoms with Crippen LogP contribution >= 0.6 is 0 Å². The second-order valence-electron chi connectivity index (χ2n) is 6.07. The number of benzene rings is 2. The van der Waals surface area contributed by atoms with Crippen molar-refractivity contribution in [3.05, 3.63) is 65.7 Å². The summed E-state index contributed by atoms with van der Waals surface area (Å²) in [5.41, 5.74) is 2.60. The average Bonchev–Trinajstić information content (AvgIpc) is 2.61. The molecule has 0 heterocycles. The van der Waals surface area contributed by atoms with E-state index in [1.165, 1.54) is 30.4 Å². The Labute approximate surface area is 140 Å². The fourth-order valence-corrected chi connectivity index (χ4v) is 2.56. The van der Waals surface area contributed by atoms with Crippen molar-refractivity contribution in [2.45, 2.75) is 52.1 Å². The van der Waals surface area contributed by atoms with Crippen LogP contribution in [0, 0.1) is 0 Å². The van der Waals surface area contributed by atoms with Crippen LogP contribution in [0.15, 0.2) is 54.6 Å². The molecule has 0 amide bonds. The van der Waals surface area contributed by atoms with Gasteiger partial charge in [-0.1, -0.05) is 68.7 Å². The molecule has 0 aliphatic heterocycles. The van der Waals surface area contributed by atoms with E-state index in [1.54, 1.807) is 0 Å². The molecule has 0 spiro atoms. The van der Waals surface area contributed by atoms with Gasteiger partial charge in [0.15, 0.2) is 0 Å². The number of nitrogens with one attached hydrogen (secondary N) is 1. The lowest BCUT2D eigenvalue weighted by atomic mass is 10.1. The Morgan fingerprint density at radius 3 is 2.35 bits per heavy atom. The minimum absolute atomic E-state index is 0.328. The Balaban J connectivity index is 1.74. The fourth-order valence-electron chi connectivity index (χ4n) is 2.56. The van der Waals surface area contributed by atoms with E-state index in [1.807, 2.05) is 6.07 Å². The molecule has 0 bridgehead atoms. The summed E-state index contributed by atoms with van der Waals surface area (Å²) in [5, 5.41) is 3.56. The molecule has 2 aromatic carbocycles. The maximum Gasteiger partial charge on any atom is 0.119 e. The molecule has 0 aromatic heterocycles. The third-order valence-electron chi connectivity index (χ3n) is 4.10. The van der Waals surface area contributed by atoms with Crippen molar-refractivity contribution >= 4 is 0 Å². The quantitative estimate of drug-likeness (QED) is 0.585. The highest BCUT2D eigenvalue weighted by Crippen LogP contribution is 2.18. The molecular weight excluding hydrogens is 282 g/mol. The van der Waals surface area contributed by atoms with E-state index < -0.39 is 0 Å². The summed E-state index contributed by atoms with van der Waals surface area (Å²) in [5.74, 6) is 0.973. The van der Waals surface area contributed by atoms with Gasteiger partial charge in [0.05, 0.1) is 6.61 Å². The van der Waals surface area contributed by atoms with E-state index in [-0.39, 0.29) is 0 Å². The van der Waals surface area contributed by atoms with Gasteiger partial charge in [-0.2, -0.15) is 0 Å². The smallest absolute Gasteiger partial charge is 0.119 e. The van der Waals surface area contributed by atoms with Crippen molar-refractivity contribution < 1.29 is 4.74 Å². The summed E-state index contributed by atoms with van der Waals surface area (Å²) < 4.78 is 5.80. The standard InChI is InChI=1S/C21H29NO/c1-3-4-5-9-16-23-21-14-12-20(13-15-21)18(2)22-17-19-10-7-6-8-11-19/h6-8,10-15,18,22H,3-5,9,16-17H2,1-2H3. The lowest BCUT2D eigenvalue weighted by Crippen LogP contribution is -2.17. The van der Waals surface area contributed by atoms with Gasteiger partial charge in [0.2, 0.25) is 0 Å². The first-order valence-electron chi connectivity index (χ1n) is 8.79. The van der Waals surface area contributed by atoms with E-state index >= 15 is 0 Å². The molecule has 1 N–H and O–H groups in total. The number of hydrogen-bond acceptors (Lipinski definition) is 2. The largest absolute Gasteiger partial charge is 0.494 e. The zero-order valence-electron chi connectivity index (χ0n) is 14.4. The highest BCUT2D eigenvalue weighted by molar-refractivity contribution is 5.29. The van der Waals surface area contributed by atoms with Crippen LogP contribution in [0.2, 0.25) is 0 Å². The Morgan fingerprint density at radius 1 is 0.913 bits per heavy atom. The van der Waals surface area contributed by atoms with Crippen molar-refractivity contribution in [1.29, 1.82) is 0 Å². The highest BCUT2D eigenvalue weighted by atomic mass is 16.5. The second-order valence-corrected chi connectivity index (χ2v) is 6.07. The molecule has 1 unspecified atom stereocenters. The highest BCUT2D eigenvalue weighted by Gasteiger charge is 2.05. The fraction of sp³-hybridized carbons (Fsp3) is 0.429. The molecule has 0 saturated heterocycles. The topological polar surface area (TPSA) is 21.3 Å². The van der Waals surface area contributed by atoms with Crippen LogP contribution in [0.1, 0.15) is 56.7 Å². The normalized spacial score (nSPS) is 12.1. The maximum atomic E-state index is 5.80. The maximum absolute atomic E-state index is 5.80. The summed E-state index contributed by atoms with van der Waals surface area (Å²) in [6, 6.07) is 19.3. The monoisotopic (exact) mass is 311 g/mol. The third kappa shape index (κ3) is 6.45. The summed E-state index contributed by atoms with van der Waals surface area (Å²) in [6.07, 6.45) is 4.97. The van der Waals surface area contributed by atoms with Gasteiger partial charge >= 0.3 is 0 Å². The Morgan fingerprint density at radius 2 is 1.65 bits per heavy atom. The van der Waals surface area contributed by atoms with Crippen LogP contribution in [0.25, 0.3) is 0 Å². The first kappa shape index (κ1) is 17.6. The molecule has 2 rings (SSSR count). The minimum Gasteiger partial charge on any atom is -0.494 e. The SMILES string of the molecule is CCCCCCOc1ccc(C(C)NCc2ccccc2)cc1. The van der Waals surface area contributed by atoms with Gasteiger partial charge in [-0.25, -0.2) is 0 Å². The molecule has 0 radical (unpaired) electrons. The van der Waals surface area contributed by atoms with Gasteiger partial charge in [0, 0.05) is 12.6 Å². The third-order valence-corrected chi connectivity index (χ3v) is 4.10. The molecule has 2 aromatic rings. The van der Waals surface area contributed by atoms with Crippen molar-refractivity contribution in [3.8, 4) is 5.75 Å². The first-order chi connectivity index (χ1) is 11.3. The Hall–Kier alpha value is -1.80. The van der Waals surface area contributed by atoms with Gasteiger partial charge in [-0.15, -0.1) is 0 Å². The number of rotatable bonds is 10. The minimum atomic E-state index is 0.328. The van der Waals surface area contributed by atoms with Crippen molar-refractivity contribution in [2.75, 3.05) is 6.61 Å². The molecular formula is C21H29NO.